The Kier molecular flexibility index (Phi) is 4.24. The summed E-state index contributed by atoms with van der Waals surface area (Å²) in [4.78, 5) is 11.7. The summed E-state index contributed by atoms with van der Waals surface area (Å²) in [6.07, 6.45) is 2.14. The zero-order valence-electron chi connectivity index (χ0n) is 12.4. The molecule has 1 amide bonds. The Labute approximate surface area is 130 Å². The Morgan fingerprint density at radius 1 is 1.09 bits per heavy atom. The first-order valence-corrected chi connectivity index (χ1v) is 7.51. The van der Waals surface area contributed by atoms with Crippen molar-refractivity contribution in [1.82, 2.24) is 5.32 Å². The van der Waals surface area contributed by atoms with E-state index in [-0.39, 0.29) is 12.0 Å². The van der Waals surface area contributed by atoms with Gasteiger partial charge in [0.2, 0.25) is 0 Å². The minimum atomic E-state index is -0.372. The van der Waals surface area contributed by atoms with Gasteiger partial charge in [0, 0.05) is 12.5 Å². The Morgan fingerprint density at radius 2 is 1.68 bits per heavy atom. The maximum Gasteiger partial charge on any atom is 0.407 e. The highest BCUT2D eigenvalue weighted by Gasteiger charge is 2.28. The average Bonchev–Trinajstić information content (AvgIpc) is 2.87. The molecule has 0 aliphatic heterocycles. The summed E-state index contributed by atoms with van der Waals surface area (Å²) in [5.41, 5.74) is 4.92. The standard InChI is InChI=1S/C19H19NO2/c1-2-3-12-20-19(21)22-13-18-16-10-6-4-8-14(16)15-9-5-7-11-17(15)18/h2,4-11,18H,1,3,12-13H2,(H,20,21). The van der Waals surface area contributed by atoms with Gasteiger partial charge in [0.05, 0.1) is 0 Å². The van der Waals surface area contributed by atoms with Crippen LogP contribution in [0.15, 0.2) is 61.2 Å². The molecule has 0 aromatic heterocycles. The van der Waals surface area contributed by atoms with E-state index in [1.807, 2.05) is 24.3 Å². The normalized spacial score (nSPS) is 12.4. The maximum atomic E-state index is 11.7. The van der Waals surface area contributed by atoms with Crippen LogP contribution in [-0.2, 0) is 4.74 Å². The molecule has 0 unspecified atom stereocenters. The van der Waals surface area contributed by atoms with Crippen molar-refractivity contribution < 1.29 is 9.53 Å². The van der Waals surface area contributed by atoms with E-state index in [1.165, 1.54) is 22.3 Å². The third kappa shape index (κ3) is 2.75. The molecular weight excluding hydrogens is 274 g/mol. The topological polar surface area (TPSA) is 38.3 Å². The van der Waals surface area contributed by atoms with Crippen molar-refractivity contribution in [3.05, 3.63) is 72.3 Å². The van der Waals surface area contributed by atoms with Crippen LogP contribution in [0.4, 0.5) is 4.79 Å². The van der Waals surface area contributed by atoms with Gasteiger partial charge in [0.15, 0.2) is 0 Å². The van der Waals surface area contributed by atoms with E-state index in [1.54, 1.807) is 6.08 Å². The van der Waals surface area contributed by atoms with Crippen molar-refractivity contribution in [1.29, 1.82) is 0 Å². The second kappa shape index (κ2) is 6.48. The van der Waals surface area contributed by atoms with Crippen LogP contribution in [0.1, 0.15) is 23.5 Å². The van der Waals surface area contributed by atoms with Crippen molar-refractivity contribution in [3.8, 4) is 11.1 Å². The van der Waals surface area contributed by atoms with Crippen LogP contribution in [0.25, 0.3) is 11.1 Å². The van der Waals surface area contributed by atoms with Crippen LogP contribution >= 0.6 is 0 Å². The molecule has 0 spiro atoms. The Morgan fingerprint density at radius 3 is 2.27 bits per heavy atom. The lowest BCUT2D eigenvalue weighted by Gasteiger charge is -2.14. The predicted molar refractivity (Wildman–Crippen MR) is 87.9 cm³/mol. The summed E-state index contributed by atoms with van der Waals surface area (Å²) in [6, 6.07) is 16.6. The van der Waals surface area contributed by atoms with Gasteiger partial charge in [0.25, 0.3) is 0 Å². The van der Waals surface area contributed by atoms with Crippen LogP contribution in [0.2, 0.25) is 0 Å². The molecule has 0 saturated carbocycles. The summed E-state index contributed by atoms with van der Waals surface area (Å²) in [5.74, 6) is 0.109. The molecule has 0 atom stereocenters. The van der Waals surface area contributed by atoms with Gasteiger partial charge in [-0.3, -0.25) is 0 Å². The fourth-order valence-electron chi connectivity index (χ4n) is 2.93. The van der Waals surface area contributed by atoms with Gasteiger partial charge in [-0.2, -0.15) is 0 Å². The van der Waals surface area contributed by atoms with Gasteiger partial charge in [-0.1, -0.05) is 54.6 Å². The third-order valence-electron chi connectivity index (χ3n) is 3.96. The summed E-state index contributed by atoms with van der Waals surface area (Å²) in [5, 5.41) is 2.72. The molecule has 0 saturated heterocycles. The number of rotatable bonds is 5. The Bertz CT molecular complexity index is 648. The number of ether oxygens (including phenoxy) is 1. The summed E-state index contributed by atoms with van der Waals surface area (Å²) < 4.78 is 5.40. The lowest BCUT2D eigenvalue weighted by Crippen LogP contribution is -2.26. The zero-order valence-corrected chi connectivity index (χ0v) is 12.4. The molecule has 22 heavy (non-hydrogen) atoms. The average molecular weight is 293 g/mol. The molecule has 3 nitrogen and oxygen atoms in total. The van der Waals surface area contributed by atoms with E-state index < -0.39 is 0 Å². The highest BCUT2D eigenvalue weighted by Crippen LogP contribution is 2.44. The second-order valence-electron chi connectivity index (χ2n) is 5.33. The van der Waals surface area contributed by atoms with Crippen molar-refractivity contribution in [3.63, 3.8) is 0 Å². The van der Waals surface area contributed by atoms with Crippen LogP contribution in [0.3, 0.4) is 0 Å². The number of hydrogen-bond donors (Lipinski definition) is 1. The quantitative estimate of drug-likeness (QED) is 0.665. The SMILES string of the molecule is C=CCCNC(=O)OCC1c2ccccc2-c2ccccc21. The lowest BCUT2D eigenvalue weighted by molar-refractivity contribution is 0.143. The van der Waals surface area contributed by atoms with E-state index >= 15 is 0 Å². The maximum absolute atomic E-state index is 11.7. The van der Waals surface area contributed by atoms with Gasteiger partial charge in [-0.15, -0.1) is 6.58 Å². The van der Waals surface area contributed by atoms with E-state index in [2.05, 4.69) is 36.2 Å². The van der Waals surface area contributed by atoms with Gasteiger partial charge in [-0.05, 0) is 28.7 Å². The molecule has 2 aromatic rings. The fraction of sp³-hybridized carbons (Fsp3) is 0.211. The van der Waals surface area contributed by atoms with Gasteiger partial charge in [-0.25, -0.2) is 4.79 Å². The summed E-state index contributed by atoms with van der Waals surface area (Å²) in [6.45, 7) is 4.54. The number of carbonyl (C=O) groups is 1. The van der Waals surface area contributed by atoms with Gasteiger partial charge in [0.1, 0.15) is 6.61 Å². The smallest absolute Gasteiger partial charge is 0.407 e. The highest BCUT2D eigenvalue weighted by molar-refractivity contribution is 5.79. The fourth-order valence-corrected chi connectivity index (χ4v) is 2.93. The summed E-state index contributed by atoms with van der Waals surface area (Å²) >= 11 is 0. The number of carbonyl (C=O) groups excluding carboxylic acids is 1. The van der Waals surface area contributed by atoms with Crippen molar-refractivity contribution in [2.75, 3.05) is 13.2 Å². The third-order valence-corrected chi connectivity index (χ3v) is 3.96. The number of fused-ring (bicyclic) bond motifs is 3. The molecule has 0 fully saturated rings. The van der Waals surface area contributed by atoms with Crippen LogP contribution in [-0.4, -0.2) is 19.2 Å². The first-order valence-electron chi connectivity index (χ1n) is 7.51. The lowest BCUT2D eigenvalue weighted by atomic mass is 9.98. The van der Waals surface area contributed by atoms with Crippen LogP contribution in [0, 0.1) is 0 Å². The number of benzene rings is 2. The van der Waals surface area contributed by atoms with Crippen molar-refractivity contribution in [2.45, 2.75) is 12.3 Å². The molecular formula is C19H19NO2. The molecule has 112 valence electrons. The zero-order chi connectivity index (χ0) is 15.4. The molecule has 1 aliphatic rings. The highest BCUT2D eigenvalue weighted by atomic mass is 16.5. The largest absolute Gasteiger partial charge is 0.449 e. The monoisotopic (exact) mass is 293 g/mol. The van der Waals surface area contributed by atoms with Crippen molar-refractivity contribution >= 4 is 6.09 Å². The van der Waals surface area contributed by atoms with Gasteiger partial charge < -0.3 is 10.1 Å². The molecule has 0 heterocycles. The number of alkyl carbamates (subject to hydrolysis) is 1. The first-order chi connectivity index (χ1) is 10.8. The van der Waals surface area contributed by atoms with E-state index in [9.17, 15) is 4.79 Å². The number of hydrogen-bond acceptors (Lipinski definition) is 2. The Hall–Kier alpha value is -2.55. The van der Waals surface area contributed by atoms with E-state index in [0.717, 1.165) is 6.42 Å². The van der Waals surface area contributed by atoms with Crippen molar-refractivity contribution in [2.24, 2.45) is 0 Å². The van der Waals surface area contributed by atoms with E-state index in [0.29, 0.717) is 13.2 Å². The molecule has 3 heteroatoms. The first kappa shape index (κ1) is 14.4. The molecule has 0 bridgehead atoms. The minimum absolute atomic E-state index is 0.109. The van der Waals surface area contributed by atoms with E-state index in [4.69, 9.17) is 4.74 Å². The van der Waals surface area contributed by atoms with Crippen LogP contribution < -0.4 is 5.32 Å². The molecule has 0 radical (unpaired) electrons. The summed E-state index contributed by atoms with van der Waals surface area (Å²) in [7, 11) is 0. The predicted octanol–water partition coefficient (Wildman–Crippen LogP) is 4.10. The number of nitrogens with one attached hydrogen (secondary N) is 1. The molecule has 1 N–H and O–H groups in total. The minimum Gasteiger partial charge on any atom is -0.449 e. The molecule has 2 aromatic carbocycles. The second-order valence-corrected chi connectivity index (χ2v) is 5.33. The number of amides is 1. The van der Waals surface area contributed by atoms with Crippen LogP contribution in [0.5, 0.6) is 0 Å². The molecule has 3 rings (SSSR count). The van der Waals surface area contributed by atoms with Gasteiger partial charge >= 0.3 is 6.09 Å². The molecule has 1 aliphatic carbocycles. The Balaban J connectivity index is 1.74.